The van der Waals surface area contributed by atoms with E-state index < -0.39 is 0 Å². The Labute approximate surface area is 126 Å². The Morgan fingerprint density at radius 3 is 2.35 bits per heavy atom. The third-order valence-electron chi connectivity index (χ3n) is 5.96. The Hall–Kier alpha value is -0.120. The zero-order chi connectivity index (χ0) is 14.8. The zero-order valence-corrected chi connectivity index (χ0v) is 14.3. The van der Waals surface area contributed by atoms with E-state index in [9.17, 15) is 0 Å². The molecule has 3 heteroatoms. The average molecular weight is 281 g/mol. The van der Waals surface area contributed by atoms with Crippen molar-refractivity contribution in [2.24, 2.45) is 11.8 Å². The Kier molecular flexibility index (Phi) is 5.49. The van der Waals surface area contributed by atoms with Crippen LogP contribution in [0.2, 0.25) is 0 Å². The molecule has 118 valence electrons. The molecule has 0 heterocycles. The number of rotatable bonds is 6. The van der Waals surface area contributed by atoms with E-state index in [-0.39, 0.29) is 0 Å². The minimum absolute atomic E-state index is 0.462. The highest BCUT2D eigenvalue weighted by Gasteiger charge is 2.40. The van der Waals surface area contributed by atoms with Crippen LogP contribution in [-0.2, 0) is 0 Å². The van der Waals surface area contributed by atoms with Crippen LogP contribution in [-0.4, -0.2) is 62.7 Å². The second-order valence-electron chi connectivity index (χ2n) is 7.74. The van der Waals surface area contributed by atoms with Gasteiger partial charge in [-0.15, -0.1) is 0 Å². The lowest BCUT2D eigenvalue weighted by molar-refractivity contribution is 0.0194. The van der Waals surface area contributed by atoms with E-state index in [0.717, 1.165) is 17.9 Å². The molecule has 2 saturated carbocycles. The van der Waals surface area contributed by atoms with E-state index in [2.05, 4.69) is 50.2 Å². The van der Waals surface area contributed by atoms with E-state index in [1.165, 1.54) is 51.6 Å². The maximum Gasteiger partial charge on any atom is 0.0330 e. The fourth-order valence-electron chi connectivity index (χ4n) is 4.38. The van der Waals surface area contributed by atoms with Crippen LogP contribution in [0.4, 0.5) is 0 Å². The van der Waals surface area contributed by atoms with Gasteiger partial charge in [0, 0.05) is 24.7 Å². The summed E-state index contributed by atoms with van der Waals surface area (Å²) >= 11 is 0. The Balaban J connectivity index is 1.87. The highest BCUT2D eigenvalue weighted by molar-refractivity contribution is 4.98. The first-order valence-electron chi connectivity index (χ1n) is 8.50. The van der Waals surface area contributed by atoms with Crippen molar-refractivity contribution in [2.75, 3.05) is 41.3 Å². The highest BCUT2D eigenvalue weighted by Crippen LogP contribution is 2.37. The predicted molar refractivity (Wildman–Crippen MR) is 87.1 cm³/mol. The minimum atomic E-state index is 0.462. The molecule has 0 amide bonds. The normalized spacial score (nSPS) is 33.5. The van der Waals surface area contributed by atoms with Crippen LogP contribution in [0.1, 0.15) is 45.4 Å². The molecule has 0 spiro atoms. The monoisotopic (exact) mass is 281 g/mol. The van der Waals surface area contributed by atoms with Crippen molar-refractivity contribution in [3.8, 4) is 0 Å². The van der Waals surface area contributed by atoms with Crippen molar-refractivity contribution in [3.63, 3.8) is 0 Å². The van der Waals surface area contributed by atoms with Gasteiger partial charge in [0.1, 0.15) is 0 Å². The van der Waals surface area contributed by atoms with Gasteiger partial charge < -0.3 is 15.1 Å². The molecule has 20 heavy (non-hydrogen) atoms. The van der Waals surface area contributed by atoms with Gasteiger partial charge in [0.2, 0.25) is 0 Å². The van der Waals surface area contributed by atoms with E-state index in [4.69, 9.17) is 0 Å². The molecule has 0 bridgehead atoms. The lowest BCUT2D eigenvalue weighted by atomic mass is 9.74. The molecule has 0 saturated heterocycles. The van der Waals surface area contributed by atoms with E-state index in [1.54, 1.807) is 0 Å². The molecule has 0 aromatic carbocycles. The van der Waals surface area contributed by atoms with Crippen molar-refractivity contribution in [3.05, 3.63) is 0 Å². The van der Waals surface area contributed by atoms with Crippen LogP contribution in [0, 0.1) is 11.8 Å². The van der Waals surface area contributed by atoms with Crippen molar-refractivity contribution < 1.29 is 0 Å². The highest BCUT2D eigenvalue weighted by atomic mass is 15.2. The molecule has 2 rings (SSSR count). The summed E-state index contributed by atoms with van der Waals surface area (Å²) in [4.78, 5) is 5.07. The second kappa shape index (κ2) is 6.76. The van der Waals surface area contributed by atoms with Crippen molar-refractivity contribution in [1.82, 2.24) is 15.1 Å². The zero-order valence-electron chi connectivity index (χ0n) is 14.3. The smallest absolute Gasteiger partial charge is 0.0330 e. The number of hydrogen-bond acceptors (Lipinski definition) is 3. The van der Waals surface area contributed by atoms with Gasteiger partial charge in [-0.25, -0.2) is 0 Å². The van der Waals surface area contributed by atoms with Gasteiger partial charge >= 0.3 is 0 Å². The third kappa shape index (κ3) is 3.55. The number of nitrogens with one attached hydrogen (secondary N) is 1. The first-order chi connectivity index (χ1) is 9.47. The summed E-state index contributed by atoms with van der Waals surface area (Å²) in [5.41, 5.74) is 0.462. The lowest BCUT2D eigenvalue weighted by Gasteiger charge is -2.50. The molecular formula is C17H35N3. The van der Waals surface area contributed by atoms with Crippen LogP contribution >= 0.6 is 0 Å². The molecule has 2 fully saturated rings. The fourth-order valence-corrected chi connectivity index (χ4v) is 4.38. The topological polar surface area (TPSA) is 18.5 Å². The number of likely N-dealkylation sites (N-methyl/N-ethyl adjacent to an activating group) is 2. The molecule has 2 aliphatic rings. The van der Waals surface area contributed by atoms with Gasteiger partial charge in [-0.05, 0) is 78.6 Å². The number of hydrogen-bond donors (Lipinski definition) is 1. The Bertz CT molecular complexity index is 299. The van der Waals surface area contributed by atoms with Crippen molar-refractivity contribution >= 4 is 0 Å². The lowest BCUT2D eigenvalue weighted by Crippen LogP contribution is -2.57. The largest absolute Gasteiger partial charge is 0.317 e. The van der Waals surface area contributed by atoms with Gasteiger partial charge in [0.05, 0.1) is 0 Å². The molecule has 3 unspecified atom stereocenters. The van der Waals surface area contributed by atoms with Crippen LogP contribution in [0.3, 0.4) is 0 Å². The van der Waals surface area contributed by atoms with Gasteiger partial charge in [-0.3, -0.25) is 0 Å². The van der Waals surface area contributed by atoms with Crippen LogP contribution in [0.25, 0.3) is 0 Å². The predicted octanol–water partition coefficient (Wildman–Crippen LogP) is 2.43. The van der Waals surface area contributed by atoms with E-state index in [1.807, 2.05) is 0 Å². The van der Waals surface area contributed by atoms with E-state index >= 15 is 0 Å². The second-order valence-corrected chi connectivity index (χ2v) is 7.74. The molecule has 0 aromatic rings. The molecule has 3 nitrogen and oxygen atoms in total. The first-order valence-corrected chi connectivity index (χ1v) is 8.50. The van der Waals surface area contributed by atoms with Crippen LogP contribution < -0.4 is 5.32 Å². The maximum atomic E-state index is 3.56. The van der Waals surface area contributed by atoms with Crippen molar-refractivity contribution in [2.45, 2.75) is 57.0 Å². The quantitative estimate of drug-likeness (QED) is 0.807. The maximum absolute atomic E-state index is 3.56. The van der Waals surface area contributed by atoms with Gasteiger partial charge in [0.25, 0.3) is 0 Å². The fraction of sp³-hybridized carbons (Fsp3) is 1.00. The molecule has 0 aliphatic heterocycles. The van der Waals surface area contributed by atoms with Gasteiger partial charge in [-0.1, -0.05) is 6.92 Å². The standard InChI is InChI=1S/C17H35N3/c1-14-7-8-16(18-2)15(11-14)12-20(5)13-17(19(3)4)9-6-10-17/h14-16,18H,6-13H2,1-5H3. The molecular weight excluding hydrogens is 246 g/mol. The van der Waals surface area contributed by atoms with E-state index in [0.29, 0.717) is 5.54 Å². The average Bonchev–Trinajstić information content (AvgIpc) is 2.33. The SMILES string of the molecule is CNC1CCC(C)CC1CN(C)CC1(N(C)C)CCC1. The van der Waals surface area contributed by atoms with Crippen LogP contribution in [0.15, 0.2) is 0 Å². The summed E-state index contributed by atoms with van der Waals surface area (Å²) in [6.45, 7) is 4.92. The Morgan fingerprint density at radius 1 is 1.15 bits per heavy atom. The van der Waals surface area contributed by atoms with Gasteiger partial charge in [0.15, 0.2) is 0 Å². The first kappa shape index (κ1) is 16.3. The van der Waals surface area contributed by atoms with Crippen molar-refractivity contribution in [1.29, 1.82) is 0 Å². The molecule has 1 N–H and O–H groups in total. The van der Waals surface area contributed by atoms with Gasteiger partial charge in [-0.2, -0.15) is 0 Å². The Morgan fingerprint density at radius 2 is 1.85 bits per heavy atom. The molecule has 2 aliphatic carbocycles. The third-order valence-corrected chi connectivity index (χ3v) is 5.96. The summed E-state index contributed by atoms with van der Waals surface area (Å²) in [5, 5.41) is 3.56. The summed E-state index contributed by atoms with van der Waals surface area (Å²) in [6.07, 6.45) is 8.31. The molecule has 0 aromatic heterocycles. The summed E-state index contributed by atoms with van der Waals surface area (Å²) in [6, 6.07) is 0.727. The summed E-state index contributed by atoms with van der Waals surface area (Å²) < 4.78 is 0. The summed E-state index contributed by atoms with van der Waals surface area (Å²) in [5.74, 6) is 1.73. The minimum Gasteiger partial charge on any atom is -0.317 e. The molecule has 0 radical (unpaired) electrons. The van der Waals surface area contributed by atoms with Crippen LogP contribution in [0.5, 0.6) is 0 Å². The number of nitrogens with zero attached hydrogens (tertiary/aromatic N) is 2. The molecule has 3 atom stereocenters. The summed E-state index contributed by atoms with van der Waals surface area (Å²) in [7, 11) is 8.98.